The van der Waals surface area contributed by atoms with Gasteiger partial charge in [0.05, 0.1) is 18.6 Å². The average Bonchev–Trinajstić information content (AvgIpc) is 2.94. The number of carbonyl (C=O) groups is 1. The number of carbonyl (C=O) groups excluding carboxylic acids is 1. The van der Waals surface area contributed by atoms with E-state index in [1.165, 1.54) is 0 Å². The molecule has 0 spiro atoms. The summed E-state index contributed by atoms with van der Waals surface area (Å²) in [7, 11) is 1.85. The van der Waals surface area contributed by atoms with Gasteiger partial charge in [-0.2, -0.15) is 0 Å². The summed E-state index contributed by atoms with van der Waals surface area (Å²) in [5.74, 6) is 0.0273. The molecule has 0 radical (unpaired) electrons. The Balaban J connectivity index is 2.37. The molecule has 0 saturated carbocycles. The summed E-state index contributed by atoms with van der Waals surface area (Å²) in [6.45, 7) is 3.96. The molecule has 0 aliphatic heterocycles. The van der Waals surface area contributed by atoms with Gasteiger partial charge < -0.3 is 13.7 Å². The van der Waals surface area contributed by atoms with Crippen molar-refractivity contribution in [2.45, 2.75) is 20.3 Å². The topological polar surface area (TPSA) is 70.2 Å². The maximum absolute atomic E-state index is 11.7. The van der Waals surface area contributed by atoms with E-state index in [9.17, 15) is 4.79 Å². The van der Waals surface area contributed by atoms with Crippen LogP contribution in [0.2, 0.25) is 0 Å². The lowest BCUT2D eigenvalue weighted by molar-refractivity contribution is 0.0489. The quantitative estimate of drug-likeness (QED) is 0.773. The van der Waals surface area contributed by atoms with Gasteiger partial charge in [0, 0.05) is 13.2 Å². The third kappa shape index (κ3) is 2.27. The van der Waals surface area contributed by atoms with Gasteiger partial charge in [-0.05, 0) is 13.3 Å². The van der Waals surface area contributed by atoms with E-state index < -0.39 is 5.97 Å². The summed E-state index contributed by atoms with van der Waals surface area (Å²) < 4.78 is 12.2. The van der Waals surface area contributed by atoms with Crippen molar-refractivity contribution in [3.8, 4) is 11.6 Å². The normalized spacial score (nSPS) is 10.6. The summed E-state index contributed by atoms with van der Waals surface area (Å²) in [5.41, 5.74) is 1.19. The van der Waals surface area contributed by atoms with Crippen molar-refractivity contribution >= 4 is 5.97 Å². The zero-order chi connectivity index (χ0) is 13.1. The molecule has 96 valence electrons. The molecule has 0 fully saturated rings. The first kappa shape index (κ1) is 12.3. The summed E-state index contributed by atoms with van der Waals surface area (Å²) >= 11 is 0. The fourth-order valence-corrected chi connectivity index (χ4v) is 1.58. The molecule has 2 aromatic rings. The molecule has 0 aromatic carbocycles. The van der Waals surface area contributed by atoms with Crippen molar-refractivity contribution < 1.29 is 13.9 Å². The highest BCUT2D eigenvalue weighted by atomic mass is 16.5. The van der Waals surface area contributed by atoms with Crippen LogP contribution in [0, 0.1) is 0 Å². The van der Waals surface area contributed by atoms with Gasteiger partial charge >= 0.3 is 5.97 Å². The minimum Gasteiger partial charge on any atom is -0.460 e. The van der Waals surface area contributed by atoms with Crippen LogP contribution in [0.25, 0.3) is 11.6 Å². The first-order valence-corrected chi connectivity index (χ1v) is 5.80. The van der Waals surface area contributed by atoms with Crippen LogP contribution in [0.1, 0.15) is 30.1 Å². The number of esters is 1. The van der Waals surface area contributed by atoms with E-state index in [0.717, 1.165) is 0 Å². The number of aromatic nitrogens is 3. The van der Waals surface area contributed by atoms with Crippen molar-refractivity contribution in [3.63, 3.8) is 0 Å². The van der Waals surface area contributed by atoms with Crippen LogP contribution in [-0.4, -0.2) is 27.1 Å². The summed E-state index contributed by atoms with van der Waals surface area (Å²) in [6.07, 6.45) is 4.03. The van der Waals surface area contributed by atoms with Crippen molar-refractivity contribution in [3.05, 3.63) is 24.0 Å². The standard InChI is InChI=1S/C12H15N3O3/c1-4-8-10(12(16)17-5-2)18-11(14-8)9-6-15(3)7-13-9/h6-7H,4-5H2,1-3H3. The predicted octanol–water partition coefficient (Wildman–Crippen LogP) is 1.81. The molecule has 18 heavy (non-hydrogen) atoms. The number of nitrogens with zero attached hydrogens (tertiary/aromatic N) is 3. The molecule has 6 nitrogen and oxygen atoms in total. The third-order valence-electron chi connectivity index (χ3n) is 2.42. The molecule has 6 heteroatoms. The summed E-state index contributed by atoms with van der Waals surface area (Å²) in [4.78, 5) is 20.1. The molecule has 2 rings (SSSR count). The molecule has 0 atom stereocenters. The molecule has 0 saturated heterocycles. The molecule has 0 aliphatic carbocycles. The van der Waals surface area contributed by atoms with E-state index in [2.05, 4.69) is 9.97 Å². The van der Waals surface area contributed by atoms with Crippen LogP contribution in [0.15, 0.2) is 16.9 Å². The first-order chi connectivity index (χ1) is 8.65. The fraction of sp³-hybridized carbons (Fsp3) is 0.417. The molecule has 0 unspecified atom stereocenters. The Bertz CT molecular complexity index is 557. The van der Waals surface area contributed by atoms with E-state index in [1.807, 2.05) is 14.0 Å². The number of hydrogen-bond acceptors (Lipinski definition) is 5. The number of aryl methyl sites for hydroxylation is 2. The lowest BCUT2D eigenvalue weighted by atomic mass is 10.3. The Kier molecular flexibility index (Phi) is 3.45. The van der Waals surface area contributed by atoms with Crippen molar-refractivity contribution in [1.82, 2.24) is 14.5 Å². The van der Waals surface area contributed by atoms with E-state index in [-0.39, 0.29) is 5.76 Å². The SMILES string of the molecule is CCOC(=O)c1oc(-c2cn(C)cn2)nc1CC. The summed E-state index contributed by atoms with van der Waals surface area (Å²) in [5, 5.41) is 0. The molecular weight excluding hydrogens is 234 g/mol. The smallest absolute Gasteiger partial charge is 0.376 e. The molecule has 0 bridgehead atoms. The zero-order valence-corrected chi connectivity index (χ0v) is 10.6. The van der Waals surface area contributed by atoms with Crippen LogP contribution >= 0.6 is 0 Å². The maximum atomic E-state index is 11.7. The lowest BCUT2D eigenvalue weighted by Gasteiger charge is -1.98. The Morgan fingerprint density at radius 2 is 2.28 bits per heavy atom. The van der Waals surface area contributed by atoms with Gasteiger partial charge in [-0.25, -0.2) is 14.8 Å². The van der Waals surface area contributed by atoms with Gasteiger partial charge in [0.1, 0.15) is 5.69 Å². The van der Waals surface area contributed by atoms with Gasteiger partial charge in [0.15, 0.2) is 0 Å². The van der Waals surface area contributed by atoms with Crippen molar-refractivity contribution in [2.75, 3.05) is 6.61 Å². The van der Waals surface area contributed by atoms with Crippen molar-refractivity contribution in [2.24, 2.45) is 7.05 Å². The predicted molar refractivity (Wildman–Crippen MR) is 64.0 cm³/mol. The molecule has 2 aromatic heterocycles. The molecular formula is C12H15N3O3. The van der Waals surface area contributed by atoms with Crippen molar-refractivity contribution in [1.29, 1.82) is 0 Å². The molecule has 0 N–H and O–H groups in total. The largest absolute Gasteiger partial charge is 0.460 e. The van der Waals surface area contributed by atoms with Gasteiger partial charge in [0.2, 0.25) is 11.7 Å². The molecule has 0 amide bonds. The summed E-state index contributed by atoms with van der Waals surface area (Å²) in [6, 6.07) is 0. The number of hydrogen-bond donors (Lipinski definition) is 0. The zero-order valence-electron chi connectivity index (χ0n) is 10.6. The van der Waals surface area contributed by atoms with E-state index in [1.54, 1.807) is 24.0 Å². The first-order valence-electron chi connectivity index (χ1n) is 5.80. The molecule has 0 aliphatic rings. The van der Waals surface area contributed by atoms with Gasteiger partial charge in [-0.3, -0.25) is 0 Å². The Labute approximate surface area is 105 Å². The van der Waals surface area contributed by atoms with Gasteiger partial charge in [-0.15, -0.1) is 0 Å². The Morgan fingerprint density at radius 3 is 2.83 bits per heavy atom. The van der Waals surface area contributed by atoms with Gasteiger partial charge in [0.25, 0.3) is 0 Å². The highest BCUT2D eigenvalue weighted by molar-refractivity contribution is 5.88. The number of ether oxygens (including phenoxy) is 1. The Morgan fingerprint density at radius 1 is 1.50 bits per heavy atom. The third-order valence-corrected chi connectivity index (χ3v) is 2.42. The van der Waals surface area contributed by atoms with E-state index >= 15 is 0 Å². The van der Waals surface area contributed by atoms with Crippen LogP contribution < -0.4 is 0 Å². The minimum absolute atomic E-state index is 0.167. The number of imidazole rings is 1. The van der Waals surface area contributed by atoms with E-state index in [4.69, 9.17) is 9.15 Å². The second kappa shape index (κ2) is 5.03. The highest BCUT2D eigenvalue weighted by Crippen LogP contribution is 2.21. The second-order valence-corrected chi connectivity index (χ2v) is 3.79. The van der Waals surface area contributed by atoms with Crippen LogP contribution in [-0.2, 0) is 18.2 Å². The monoisotopic (exact) mass is 249 g/mol. The fourth-order valence-electron chi connectivity index (χ4n) is 1.58. The van der Waals surface area contributed by atoms with Gasteiger partial charge in [-0.1, -0.05) is 6.92 Å². The minimum atomic E-state index is -0.482. The van der Waals surface area contributed by atoms with E-state index in [0.29, 0.717) is 30.3 Å². The number of oxazole rings is 1. The average molecular weight is 249 g/mol. The number of rotatable bonds is 4. The highest BCUT2D eigenvalue weighted by Gasteiger charge is 2.21. The second-order valence-electron chi connectivity index (χ2n) is 3.79. The molecule has 2 heterocycles. The van der Waals surface area contributed by atoms with Crippen LogP contribution in [0.3, 0.4) is 0 Å². The Hall–Kier alpha value is -2.11. The van der Waals surface area contributed by atoms with Crippen LogP contribution in [0.4, 0.5) is 0 Å². The van der Waals surface area contributed by atoms with Crippen LogP contribution in [0.5, 0.6) is 0 Å². The maximum Gasteiger partial charge on any atom is 0.376 e. The lowest BCUT2D eigenvalue weighted by Crippen LogP contribution is -2.05.